The lowest BCUT2D eigenvalue weighted by molar-refractivity contribution is -0.119. The number of carbonyl (C=O) groups excluding carboxylic acids is 1. The highest BCUT2D eigenvalue weighted by atomic mass is 32.2. The molecule has 1 aliphatic carbocycles. The molecular weight excluding hydrogens is 382 g/mol. The highest BCUT2D eigenvalue weighted by Gasteiger charge is 2.26. The van der Waals surface area contributed by atoms with Gasteiger partial charge in [0.15, 0.2) is 5.82 Å². The normalized spacial score (nSPS) is 15.9. The van der Waals surface area contributed by atoms with Crippen molar-refractivity contribution in [2.45, 2.75) is 30.3 Å². The van der Waals surface area contributed by atoms with Gasteiger partial charge in [-0.2, -0.15) is 5.10 Å². The van der Waals surface area contributed by atoms with Crippen LogP contribution in [0.1, 0.15) is 30.1 Å². The van der Waals surface area contributed by atoms with Crippen molar-refractivity contribution in [1.29, 1.82) is 0 Å². The van der Waals surface area contributed by atoms with Crippen molar-refractivity contribution < 1.29 is 13.6 Å². The third-order valence-electron chi connectivity index (χ3n) is 4.65. The Morgan fingerprint density at radius 2 is 2.18 bits per heavy atom. The Morgan fingerprint density at radius 1 is 1.29 bits per heavy atom. The van der Waals surface area contributed by atoms with Crippen molar-refractivity contribution in [2.75, 3.05) is 5.75 Å². The number of nitrogens with zero attached hydrogens (tertiary/aromatic N) is 3. The number of hydrogen-bond donors (Lipinski definition) is 1. The topological polar surface area (TPSA) is 59.8 Å². The number of halogens is 2. The van der Waals surface area contributed by atoms with Crippen molar-refractivity contribution in [2.24, 2.45) is 0 Å². The van der Waals surface area contributed by atoms with Crippen LogP contribution < -0.4 is 5.32 Å². The molecule has 3 aromatic rings. The van der Waals surface area contributed by atoms with Crippen LogP contribution in [0.4, 0.5) is 8.78 Å². The molecule has 1 amide bonds. The Morgan fingerprint density at radius 3 is 2.96 bits per heavy atom. The molecule has 0 aliphatic heterocycles. The van der Waals surface area contributed by atoms with Crippen LogP contribution in [0.3, 0.4) is 0 Å². The zero-order valence-electron chi connectivity index (χ0n) is 14.9. The molecule has 5 nitrogen and oxygen atoms in total. The lowest BCUT2D eigenvalue weighted by atomic mass is 9.93. The number of pyridine rings is 1. The van der Waals surface area contributed by atoms with Gasteiger partial charge in [0, 0.05) is 23.5 Å². The first-order valence-corrected chi connectivity index (χ1v) is 9.96. The summed E-state index contributed by atoms with van der Waals surface area (Å²) in [6.07, 6.45) is 5.72. The molecule has 8 heteroatoms. The number of rotatable bonds is 5. The van der Waals surface area contributed by atoms with Crippen LogP contribution in [0.2, 0.25) is 0 Å². The molecule has 2 aromatic heterocycles. The van der Waals surface area contributed by atoms with E-state index in [1.54, 1.807) is 12.4 Å². The molecule has 144 valence electrons. The van der Waals surface area contributed by atoms with E-state index in [0.717, 1.165) is 41.6 Å². The molecule has 0 saturated carbocycles. The summed E-state index contributed by atoms with van der Waals surface area (Å²) < 4.78 is 28.9. The van der Waals surface area contributed by atoms with Crippen LogP contribution >= 0.6 is 11.8 Å². The Kier molecular flexibility index (Phi) is 5.38. The third kappa shape index (κ3) is 3.91. The van der Waals surface area contributed by atoms with E-state index in [4.69, 9.17) is 0 Å². The van der Waals surface area contributed by atoms with E-state index in [1.807, 2.05) is 18.2 Å². The summed E-state index contributed by atoms with van der Waals surface area (Å²) in [5.74, 6) is -1.11. The first-order valence-electron chi connectivity index (χ1n) is 8.97. The summed E-state index contributed by atoms with van der Waals surface area (Å²) in [5, 5.41) is 8.13. The average molecular weight is 400 g/mol. The molecule has 28 heavy (non-hydrogen) atoms. The van der Waals surface area contributed by atoms with E-state index in [9.17, 15) is 13.6 Å². The summed E-state index contributed by atoms with van der Waals surface area (Å²) in [7, 11) is 0. The van der Waals surface area contributed by atoms with E-state index in [1.165, 1.54) is 28.6 Å². The molecule has 1 N–H and O–H groups in total. The summed E-state index contributed by atoms with van der Waals surface area (Å²) >= 11 is 1.37. The Labute approximate surface area is 165 Å². The Hall–Kier alpha value is -2.74. The molecule has 0 spiro atoms. The minimum Gasteiger partial charge on any atom is -0.348 e. The van der Waals surface area contributed by atoms with E-state index in [-0.39, 0.29) is 23.4 Å². The molecule has 1 aliphatic rings. The third-order valence-corrected chi connectivity index (χ3v) is 5.59. The molecule has 1 unspecified atom stereocenters. The van der Waals surface area contributed by atoms with E-state index in [0.29, 0.717) is 0 Å². The second kappa shape index (κ2) is 8.10. The van der Waals surface area contributed by atoms with E-state index in [2.05, 4.69) is 15.4 Å². The van der Waals surface area contributed by atoms with Gasteiger partial charge in [-0.1, -0.05) is 17.8 Å². The number of benzene rings is 1. The van der Waals surface area contributed by atoms with Crippen LogP contribution in [0.5, 0.6) is 0 Å². The molecule has 0 radical (unpaired) electrons. The van der Waals surface area contributed by atoms with Crippen LogP contribution in [-0.2, 0) is 11.2 Å². The summed E-state index contributed by atoms with van der Waals surface area (Å²) in [5.41, 5.74) is 1.94. The zero-order chi connectivity index (χ0) is 19.5. The van der Waals surface area contributed by atoms with Crippen molar-refractivity contribution in [3.05, 3.63) is 71.7 Å². The van der Waals surface area contributed by atoms with Gasteiger partial charge in [-0.15, -0.1) is 0 Å². The summed E-state index contributed by atoms with van der Waals surface area (Å²) in [6, 6.07) is 8.84. The van der Waals surface area contributed by atoms with Crippen molar-refractivity contribution in [1.82, 2.24) is 20.1 Å². The lowest BCUT2D eigenvalue weighted by Gasteiger charge is -2.24. The van der Waals surface area contributed by atoms with Crippen LogP contribution in [0.25, 0.3) is 5.69 Å². The Balaban J connectivity index is 1.49. The highest BCUT2D eigenvalue weighted by Crippen LogP contribution is 2.31. The first-order chi connectivity index (χ1) is 13.6. The largest absolute Gasteiger partial charge is 0.348 e. The molecule has 0 fully saturated rings. The van der Waals surface area contributed by atoms with Gasteiger partial charge in [-0.3, -0.25) is 4.79 Å². The fourth-order valence-corrected chi connectivity index (χ4v) is 4.05. The zero-order valence-corrected chi connectivity index (χ0v) is 15.8. The quantitative estimate of drug-likeness (QED) is 0.662. The number of nitrogens with one attached hydrogen (secondary N) is 1. The molecule has 1 aromatic carbocycles. The first kappa shape index (κ1) is 18.6. The minimum absolute atomic E-state index is 0.0887. The van der Waals surface area contributed by atoms with Crippen molar-refractivity contribution in [3.8, 4) is 5.69 Å². The smallest absolute Gasteiger partial charge is 0.230 e. The maximum atomic E-state index is 14.2. The number of amides is 1. The van der Waals surface area contributed by atoms with Gasteiger partial charge in [0.25, 0.3) is 0 Å². The second-order valence-corrected chi connectivity index (χ2v) is 7.52. The SMILES string of the molecule is O=C(CSc1ccccn1)NC1CCCc2c1cnn2-c1ccc(F)cc1F. The van der Waals surface area contributed by atoms with Crippen LogP contribution in [0, 0.1) is 11.6 Å². The Bertz CT molecular complexity index is 993. The van der Waals surface area contributed by atoms with Gasteiger partial charge < -0.3 is 5.32 Å². The van der Waals surface area contributed by atoms with Crippen LogP contribution in [0.15, 0.2) is 53.8 Å². The fraction of sp³-hybridized carbons (Fsp3) is 0.250. The second-order valence-electron chi connectivity index (χ2n) is 6.52. The van der Waals surface area contributed by atoms with Gasteiger partial charge in [0.2, 0.25) is 5.91 Å². The fourth-order valence-electron chi connectivity index (χ4n) is 3.38. The number of hydrogen-bond acceptors (Lipinski definition) is 4. The predicted molar refractivity (Wildman–Crippen MR) is 102 cm³/mol. The van der Waals surface area contributed by atoms with Gasteiger partial charge in [0.1, 0.15) is 11.5 Å². The molecular formula is C20H18F2N4OS. The minimum atomic E-state index is -0.663. The maximum absolute atomic E-state index is 14.2. The number of carbonyl (C=O) groups is 1. The monoisotopic (exact) mass is 400 g/mol. The number of fused-ring (bicyclic) bond motifs is 1. The molecule has 4 rings (SSSR count). The molecule has 0 bridgehead atoms. The predicted octanol–water partition coefficient (Wildman–Crippen LogP) is 3.83. The van der Waals surface area contributed by atoms with Crippen molar-refractivity contribution in [3.63, 3.8) is 0 Å². The van der Waals surface area contributed by atoms with Gasteiger partial charge >= 0.3 is 0 Å². The molecule has 1 atom stereocenters. The van der Waals surface area contributed by atoms with E-state index < -0.39 is 11.6 Å². The molecule has 0 saturated heterocycles. The van der Waals surface area contributed by atoms with Crippen LogP contribution in [-0.4, -0.2) is 26.4 Å². The summed E-state index contributed by atoms with van der Waals surface area (Å²) in [4.78, 5) is 16.6. The van der Waals surface area contributed by atoms with Gasteiger partial charge in [-0.25, -0.2) is 18.4 Å². The van der Waals surface area contributed by atoms with Gasteiger partial charge in [-0.05, 0) is 43.5 Å². The van der Waals surface area contributed by atoms with Gasteiger partial charge in [0.05, 0.1) is 23.0 Å². The number of thioether (sulfide) groups is 1. The summed E-state index contributed by atoms with van der Waals surface area (Å²) in [6.45, 7) is 0. The lowest BCUT2D eigenvalue weighted by Crippen LogP contribution is -2.32. The van der Waals surface area contributed by atoms with E-state index >= 15 is 0 Å². The highest BCUT2D eigenvalue weighted by molar-refractivity contribution is 7.99. The standard InChI is InChI=1S/C20H18F2N4OS/c21-13-7-8-18(15(22)10-13)26-17-5-3-4-16(14(17)11-24-26)25-19(27)12-28-20-6-1-2-9-23-20/h1-2,6-11,16H,3-5,12H2,(H,25,27). The maximum Gasteiger partial charge on any atom is 0.230 e. The average Bonchev–Trinajstić information content (AvgIpc) is 3.12. The number of aromatic nitrogens is 3. The van der Waals surface area contributed by atoms with Crippen molar-refractivity contribution >= 4 is 17.7 Å². The molecule has 2 heterocycles.